The van der Waals surface area contributed by atoms with E-state index in [4.69, 9.17) is 21.1 Å². The Kier molecular flexibility index (Phi) is 5.14. The number of carbonyl (C=O) groups excluding carboxylic acids is 1. The van der Waals surface area contributed by atoms with E-state index in [2.05, 4.69) is 10.3 Å². The highest BCUT2D eigenvalue weighted by atomic mass is 35.5. The normalized spacial score (nSPS) is 26.1. The number of nitrogens with zero attached hydrogens (tertiary/aromatic N) is 1. The zero-order valence-corrected chi connectivity index (χ0v) is 11.8. The molecule has 2 heterocycles. The van der Waals surface area contributed by atoms with E-state index in [-0.39, 0.29) is 25.4 Å². The van der Waals surface area contributed by atoms with Crippen LogP contribution < -0.4 is 5.32 Å². The second-order valence-corrected chi connectivity index (χ2v) is 4.95. The molecule has 0 amide bonds. The number of ether oxygens (including phenoxy) is 2. The third-order valence-electron chi connectivity index (χ3n) is 2.96. The monoisotopic (exact) mass is 302 g/mol. The first kappa shape index (κ1) is 15.0. The molecule has 1 aromatic heterocycles. The molecule has 7 heteroatoms. The first-order valence-corrected chi connectivity index (χ1v) is 6.80. The zero-order chi connectivity index (χ0) is 14.5. The summed E-state index contributed by atoms with van der Waals surface area (Å²) in [5.41, 5.74) is 0.721. The van der Waals surface area contributed by atoms with Crippen LogP contribution in [0.5, 0.6) is 0 Å². The molecule has 0 spiro atoms. The number of anilines is 1. The molecule has 1 aromatic rings. The van der Waals surface area contributed by atoms with Crippen molar-refractivity contribution < 1.29 is 18.7 Å². The SMILES string of the molecule is CCOC(=O)c1cnccc1NC1COCC(Cl)C1F. The third kappa shape index (κ3) is 3.37. The maximum absolute atomic E-state index is 14.0. The molecule has 110 valence electrons. The molecule has 0 aliphatic carbocycles. The van der Waals surface area contributed by atoms with Crippen LogP contribution in [0.2, 0.25) is 0 Å². The van der Waals surface area contributed by atoms with Crippen molar-refractivity contribution in [2.24, 2.45) is 0 Å². The van der Waals surface area contributed by atoms with E-state index < -0.39 is 23.6 Å². The molecule has 3 unspecified atom stereocenters. The van der Waals surface area contributed by atoms with Crippen molar-refractivity contribution >= 4 is 23.3 Å². The van der Waals surface area contributed by atoms with Gasteiger partial charge in [0.05, 0.1) is 36.9 Å². The van der Waals surface area contributed by atoms with Gasteiger partial charge in [-0.25, -0.2) is 9.18 Å². The Morgan fingerprint density at radius 3 is 3.20 bits per heavy atom. The van der Waals surface area contributed by atoms with Gasteiger partial charge < -0.3 is 14.8 Å². The molecule has 0 saturated carbocycles. The molecular formula is C13H16ClFN2O3. The van der Waals surface area contributed by atoms with Crippen LogP contribution in [0.3, 0.4) is 0 Å². The van der Waals surface area contributed by atoms with Gasteiger partial charge in [-0.3, -0.25) is 4.98 Å². The minimum Gasteiger partial charge on any atom is -0.462 e. The quantitative estimate of drug-likeness (QED) is 0.681. The first-order valence-electron chi connectivity index (χ1n) is 6.37. The Hall–Kier alpha value is -1.40. The number of esters is 1. The number of pyridine rings is 1. The summed E-state index contributed by atoms with van der Waals surface area (Å²) in [5, 5.41) is 2.24. The summed E-state index contributed by atoms with van der Waals surface area (Å²) in [6.45, 7) is 2.35. The lowest BCUT2D eigenvalue weighted by Crippen LogP contribution is -2.46. The second kappa shape index (κ2) is 6.85. The summed E-state index contributed by atoms with van der Waals surface area (Å²) < 4.78 is 24.2. The van der Waals surface area contributed by atoms with Gasteiger partial charge in [-0.1, -0.05) is 0 Å². The minimum atomic E-state index is -1.26. The predicted molar refractivity (Wildman–Crippen MR) is 73.0 cm³/mol. The van der Waals surface area contributed by atoms with Gasteiger partial charge in [0.25, 0.3) is 0 Å². The van der Waals surface area contributed by atoms with Gasteiger partial charge in [0.15, 0.2) is 0 Å². The molecular weight excluding hydrogens is 287 g/mol. The van der Waals surface area contributed by atoms with Crippen LogP contribution in [0.15, 0.2) is 18.5 Å². The largest absolute Gasteiger partial charge is 0.462 e. The molecule has 1 saturated heterocycles. The fraction of sp³-hybridized carbons (Fsp3) is 0.538. The fourth-order valence-electron chi connectivity index (χ4n) is 1.96. The average Bonchev–Trinajstić information content (AvgIpc) is 2.45. The van der Waals surface area contributed by atoms with Crippen LogP contribution in [0.25, 0.3) is 0 Å². The van der Waals surface area contributed by atoms with Gasteiger partial charge in [-0.05, 0) is 13.0 Å². The zero-order valence-electron chi connectivity index (χ0n) is 11.0. The summed E-state index contributed by atoms with van der Waals surface area (Å²) in [6, 6.07) is 0.985. The van der Waals surface area contributed by atoms with Crippen LogP contribution in [-0.4, -0.2) is 48.4 Å². The first-order chi connectivity index (χ1) is 9.63. The summed E-state index contributed by atoms with van der Waals surface area (Å²) in [5.74, 6) is -0.502. The van der Waals surface area contributed by atoms with E-state index >= 15 is 0 Å². The molecule has 1 aliphatic heterocycles. The summed E-state index contributed by atoms with van der Waals surface area (Å²) in [6.07, 6.45) is 1.64. The van der Waals surface area contributed by atoms with Crippen molar-refractivity contribution in [3.05, 3.63) is 24.0 Å². The molecule has 1 aliphatic rings. The standard InChI is InChI=1S/C13H16ClFN2O3/c1-2-20-13(18)8-5-16-4-3-10(8)17-11-7-19-6-9(14)12(11)15/h3-5,9,11-12H,2,6-7H2,1H3,(H,16,17). The third-order valence-corrected chi connectivity index (χ3v) is 3.33. The number of carbonyl (C=O) groups is 1. The Labute approximate surface area is 121 Å². The molecule has 1 fully saturated rings. The van der Waals surface area contributed by atoms with E-state index in [0.717, 1.165) is 0 Å². The molecule has 0 radical (unpaired) electrons. The van der Waals surface area contributed by atoms with Crippen molar-refractivity contribution in [1.29, 1.82) is 0 Å². The van der Waals surface area contributed by atoms with Crippen molar-refractivity contribution in [3.8, 4) is 0 Å². The molecule has 5 nitrogen and oxygen atoms in total. The molecule has 20 heavy (non-hydrogen) atoms. The van der Waals surface area contributed by atoms with E-state index in [1.165, 1.54) is 12.4 Å². The number of aromatic nitrogens is 1. The van der Waals surface area contributed by atoms with Crippen LogP contribution in [0.4, 0.5) is 10.1 Å². The van der Waals surface area contributed by atoms with Crippen LogP contribution >= 0.6 is 11.6 Å². The number of halogens is 2. The van der Waals surface area contributed by atoms with Crippen LogP contribution in [0, 0.1) is 0 Å². The molecule has 0 aromatic carbocycles. The van der Waals surface area contributed by atoms with Crippen LogP contribution in [0.1, 0.15) is 17.3 Å². The number of nitrogens with one attached hydrogen (secondary N) is 1. The Balaban J connectivity index is 2.14. The fourth-order valence-corrected chi connectivity index (χ4v) is 2.22. The Morgan fingerprint density at radius 1 is 1.65 bits per heavy atom. The highest BCUT2D eigenvalue weighted by Gasteiger charge is 2.33. The predicted octanol–water partition coefficient (Wildman–Crippen LogP) is 2.01. The van der Waals surface area contributed by atoms with Crippen LogP contribution in [-0.2, 0) is 9.47 Å². The summed E-state index contributed by atoms with van der Waals surface area (Å²) in [4.78, 5) is 15.7. The average molecular weight is 303 g/mol. The second-order valence-electron chi connectivity index (χ2n) is 4.39. The number of alkyl halides is 2. The van der Waals surface area contributed by atoms with E-state index in [0.29, 0.717) is 5.69 Å². The lowest BCUT2D eigenvalue weighted by Gasteiger charge is -2.31. The number of hydrogen-bond acceptors (Lipinski definition) is 5. The smallest absolute Gasteiger partial charge is 0.341 e. The van der Waals surface area contributed by atoms with Gasteiger partial charge >= 0.3 is 5.97 Å². The highest BCUT2D eigenvalue weighted by Crippen LogP contribution is 2.23. The molecule has 3 atom stereocenters. The van der Waals surface area contributed by atoms with E-state index in [9.17, 15) is 9.18 Å². The highest BCUT2D eigenvalue weighted by molar-refractivity contribution is 6.21. The molecule has 2 rings (SSSR count). The van der Waals surface area contributed by atoms with Gasteiger partial charge in [0.1, 0.15) is 11.7 Å². The van der Waals surface area contributed by atoms with Crippen molar-refractivity contribution in [1.82, 2.24) is 4.98 Å². The molecule has 1 N–H and O–H groups in total. The van der Waals surface area contributed by atoms with E-state index in [1.807, 2.05) is 0 Å². The van der Waals surface area contributed by atoms with Gasteiger partial charge in [-0.15, -0.1) is 11.6 Å². The lowest BCUT2D eigenvalue weighted by atomic mass is 10.1. The van der Waals surface area contributed by atoms with Gasteiger partial charge in [0, 0.05) is 12.4 Å². The number of rotatable bonds is 4. The van der Waals surface area contributed by atoms with Gasteiger partial charge in [0.2, 0.25) is 0 Å². The lowest BCUT2D eigenvalue weighted by molar-refractivity contribution is 0.0439. The Morgan fingerprint density at radius 2 is 2.45 bits per heavy atom. The summed E-state index contributed by atoms with van der Waals surface area (Å²) in [7, 11) is 0. The maximum Gasteiger partial charge on any atom is 0.341 e. The minimum absolute atomic E-state index is 0.183. The Bertz CT molecular complexity index is 475. The van der Waals surface area contributed by atoms with Crippen molar-refractivity contribution in [2.75, 3.05) is 25.1 Å². The topological polar surface area (TPSA) is 60.5 Å². The van der Waals surface area contributed by atoms with E-state index in [1.54, 1.807) is 13.0 Å². The van der Waals surface area contributed by atoms with Gasteiger partial charge in [-0.2, -0.15) is 0 Å². The summed E-state index contributed by atoms with van der Waals surface area (Å²) >= 11 is 5.84. The maximum atomic E-state index is 14.0. The van der Waals surface area contributed by atoms with Crippen molar-refractivity contribution in [2.45, 2.75) is 24.5 Å². The van der Waals surface area contributed by atoms with Crippen molar-refractivity contribution in [3.63, 3.8) is 0 Å². The molecule has 0 bridgehead atoms. The number of hydrogen-bond donors (Lipinski definition) is 1.